The molecule has 2 rings (SSSR count). The molecule has 0 saturated heterocycles. The Morgan fingerprint density at radius 2 is 2.00 bits per heavy atom. The van der Waals surface area contributed by atoms with Gasteiger partial charge in [0.15, 0.2) is 5.82 Å². The molecule has 1 aromatic heterocycles. The van der Waals surface area contributed by atoms with Gasteiger partial charge in [0, 0.05) is 7.11 Å². The number of aromatic amines is 2. The minimum atomic E-state index is -0.209. The summed E-state index contributed by atoms with van der Waals surface area (Å²) in [6.07, 6.45) is -0.209. The summed E-state index contributed by atoms with van der Waals surface area (Å²) in [6.45, 7) is 0. The maximum Gasteiger partial charge on any atom is 0.213 e. The zero-order chi connectivity index (χ0) is 10.7. The molecule has 0 aliphatic carbocycles. The van der Waals surface area contributed by atoms with E-state index in [2.05, 4.69) is 15.2 Å². The number of methoxy groups -OCH3 is 1. The van der Waals surface area contributed by atoms with Crippen molar-refractivity contribution in [2.24, 2.45) is 0 Å². The first kappa shape index (κ1) is 10.1. The Labute approximate surface area is 92.3 Å². The lowest BCUT2D eigenvalue weighted by molar-refractivity contribution is 0.129. The van der Waals surface area contributed by atoms with Crippen molar-refractivity contribution < 1.29 is 4.74 Å². The summed E-state index contributed by atoms with van der Waals surface area (Å²) in [6, 6.07) is 9.85. The minimum Gasteiger partial charge on any atom is -0.369 e. The molecule has 1 unspecified atom stereocenters. The third kappa shape index (κ3) is 2.14. The standard InChI is InChI=1S/C10H11N3OS/c1-14-8(7-5-3-2-4-6-7)9-11-10(15)13-12-9/h2-6,8H,1H3,(H2,11,12,13,15). The molecule has 0 spiro atoms. The molecule has 1 aromatic carbocycles. The highest BCUT2D eigenvalue weighted by molar-refractivity contribution is 7.71. The van der Waals surface area contributed by atoms with Gasteiger partial charge in [-0.1, -0.05) is 30.3 Å². The van der Waals surface area contributed by atoms with Crippen LogP contribution in [0.4, 0.5) is 0 Å². The predicted octanol–water partition coefficient (Wildman–Crippen LogP) is 2.20. The molecule has 0 saturated carbocycles. The zero-order valence-electron chi connectivity index (χ0n) is 8.23. The van der Waals surface area contributed by atoms with Crippen LogP contribution in [-0.4, -0.2) is 22.3 Å². The Morgan fingerprint density at radius 3 is 2.53 bits per heavy atom. The second-order valence-corrected chi connectivity index (χ2v) is 3.47. The van der Waals surface area contributed by atoms with Gasteiger partial charge in [0.1, 0.15) is 6.10 Å². The number of hydrogen-bond acceptors (Lipinski definition) is 3. The monoisotopic (exact) mass is 221 g/mol. The second-order valence-electron chi connectivity index (χ2n) is 3.08. The largest absolute Gasteiger partial charge is 0.369 e. The van der Waals surface area contributed by atoms with Crippen LogP contribution in [0.25, 0.3) is 0 Å². The molecule has 0 aliphatic rings. The lowest BCUT2D eigenvalue weighted by Crippen LogP contribution is -2.05. The molecule has 0 aliphatic heterocycles. The number of benzene rings is 1. The van der Waals surface area contributed by atoms with Crippen molar-refractivity contribution in [3.8, 4) is 0 Å². The normalized spacial score (nSPS) is 12.6. The fraction of sp³-hybridized carbons (Fsp3) is 0.200. The van der Waals surface area contributed by atoms with Crippen LogP contribution >= 0.6 is 12.2 Å². The van der Waals surface area contributed by atoms with Crippen molar-refractivity contribution in [1.29, 1.82) is 0 Å². The van der Waals surface area contributed by atoms with E-state index in [-0.39, 0.29) is 6.10 Å². The first-order valence-corrected chi connectivity index (χ1v) is 4.94. The van der Waals surface area contributed by atoms with Gasteiger partial charge in [-0.05, 0) is 17.8 Å². The number of hydrogen-bond donors (Lipinski definition) is 2. The van der Waals surface area contributed by atoms with Crippen molar-refractivity contribution in [3.63, 3.8) is 0 Å². The van der Waals surface area contributed by atoms with E-state index in [0.29, 0.717) is 10.6 Å². The van der Waals surface area contributed by atoms with E-state index >= 15 is 0 Å². The third-order valence-corrected chi connectivity index (χ3v) is 2.30. The van der Waals surface area contributed by atoms with Gasteiger partial charge >= 0.3 is 0 Å². The SMILES string of the molecule is COC(c1ccccc1)c1nc(=S)[nH][nH]1. The summed E-state index contributed by atoms with van der Waals surface area (Å²) in [5, 5.41) is 5.64. The summed E-state index contributed by atoms with van der Waals surface area (Å²) >= 11 is 4.90. The Kier molecular flexibility index (Phi) is 2.94. The van der Waals surface area contributed by atoms with Crippen LogP contribution < -0.4 is 0 Å². The molecule has 1 atom stereocenters. The Morgan fingerprint density at radius 1 is 1.27 bits per heavy atom. The van der Waals surface area contributed by atoms with E-state index in [1.54, 1.807) is 7.11 Å². The Bertz CT molecular complexity index is 477. The fourth-order valence-electron chi connectivity index (χ4n) is 1.44. The number of nitrogens with zero attached hydrogens (tertiary/aromatic N) is 1. The molecular formula is C10H11N3OS. The van der Waals surface area contributed by atoms with Gasteiger partial charge in [-0.25, -0.2) is 4.98 Å². The lowest BCUT2D eigenvalue weighted by Gasteiger charge is -2.12. The summed E-state index contributed by atoms with van der Waals surface area (Å²) < 4.78 is 5.81. The minimum absolute atomic E-state index is 0.209. The highest BCUT2D eigenvalue weighted by Crippen LogP contribution is 2.21. The first-order valence-electron chi connectivity index (χ1n) is 4.53. The van der Waals surface area contributed by atoms with Crippen molar-refractivity contribution in [3.05, 3.63) is 46.5 Å². The van der Waals surface area contributed by atoms with Crippen LogP contribution in [0, 0.1) is 4.77 Å². The average molecular weight is 221 g/mol. The molecule has 2 N–H and O–H groups in total. The van der Waals surface area contributed by atoms with Gasteiger partial charge in [0.2, 0.25) is 4.77 Å². The molecule has 1 heterocycles. The third-order valence-electron chi connectivity index (χ3n) is 2.11. The molecule has 15 heavy (non-hydrogen) atoms. The van der Waals surface area contributed by atoms with Gasteiger partial charge in [0.25, 0.3) is 0 Å². The van der Waals surface area contributed by atoms with E-state index in [0.717, 1.165) is 5.56 Å². The van der Waals surface area contributed by atoms with Gasteiger partial charge in [-0.3, -0.25) is 10.2 Å². The Hall–Kier alpha value is -1.46. The van der Waals surface area contributed by atoms with Gasteiger partial charge in [0.05, 0.1) is 0 Å². The molecule has 2 aromatic rings. The molecule has 5 heteroatoms. The molecule has 4 nitrogen and oxygen atoms in total. The quantitative estimate of drug-likeness (QED) is 0.781. The van der Waals surface area contributed by atoms with Crippen LogP contribution in [0.2, 0.25) is 0 Å². The smallest absolute Gasteiger partial charge is 0.213 e. The van der Waals surface area contributed by atoms with E-state index in [1.165, 1.54) is 0 Å². The van der Waals surface area contributed by atoms with E-state index in [4.69, 9.17) is 17.0 Å². The zero-order valence-corrected chi connectivity index (χ0v) is 9.04. The highest BCUT2D eigenvalue weighted by atomic mass is 32.1. The van der Waals surface area contributed by atoms with Crippen LogP contribution in [0.5, 0.6) is 0 Å². The van der Waals surface area contributed by atoms with E-state index in [9.17, 15) is 0 Å². The van der Waals surface area contributed by atoms with Gasteiger partial charge < -0.3 is 4.74 Å². The molecule has 0 bridgehead atoms. The fourth-order valence-corrected chi connectivity index (χ4v) is 1.59. The summed E-state index contributed by atoms with van der Waals surface area (Å²) in [4.78, 5) is 4.14. The number of nitrogens with one attached hydrogen (secondary N) is 2. The topological polar surface area (TPSA) is 53.7 Å². The second kappa shape index (κ2) is 4.37. The van der Waals surface area contributed by atoms with E-state index < -0.39 is 0 Å². The van der Waals surface area contributed by atoms with Crippen molar-refractivity contribution in [2.75, 3.05) is 7.11 Å². The number of rotatable bonds is 3. The van der Waals surface area contributed by atoms with Crippen molar-refractivity contribution in [2.45, 2.75) is 6.10 Å². The van der Waals surface area contributed by atoms with Crippen molar-refractivity contribution in [1.82, 2.24) is 15.2 Å². The highest BCUT2D eigenvalue weighted by Gasteiger charge is 2.15. The molecule has 0 radical (unpaired) electrons. The number of ether oxygens (including phenoxy) is 1. The molecule has 0 fully saturated rings. The van der Waals surface area contributed by atoms with Gasteiger partial charge in [-0.15, -0.1) is 0 Å². The van der Waals surface area contributed by atoms with Gasteiger partial charge in [-0.2, -0.15) is 0 Å². The van der Waals surface area contributed by atoms with E-state index in [1.807, 2.05) is 30.3 Å². The Balaban J connectivity index is 2.37. The summed E-state index contributed by atoms with van der Waals surface area (Å²) in [5.74, 6) is 0.689. The number of aromatic nitrogens is 3. The average Bonchev–Trinajstić information content (AvgIpc) is 2.68. The lowest BCUT2D eigenvalue weighted by atomic mass is 10.1. The maximum absolute atomic E-state index is 5.38. The maximum atomic E-state index is 5.38. The summed E-state index contributed by atoms with van der Waals surface area (Å²) in [7, 11) is 1.64. The summed E-state index contributed by atoms with van der Waals surface area (Å²) in [5.41, 5.74) is 1.04. The molecule has 78 valence electrons. The predicted molar refractivity (Wildman–Crippen MR) is 59.1 cm³/mol. The first-order chi connectivity index (χ1) is 7.31. The van der Waals surface area contributed by atoms with Crippen LogP contribution in [-0.2, 0) is 4.74 Å². The molecule has 0 amide bonds. The number of H-pyrrole nitrogens is 2. The molecular weight excluding hydrogens is 210 g/mol. The van der Waals surface area contributed by atoms with Crippen molar-refractivity contribution >= 4 is 12.2 Å². The van der Waals surface area contributed by atoms with Crippen LogP contribution in [0.15, 0.2) is 30.3 Å². The van der Waals surface area contributed by atoms with Crippen LogP contribution in [0.3, 0.4) is 0 Å². The van der Waals surface area contributed by atoms with Crippen LogP contribution in [0.1, 0.15) is 17.5 Å².